The van der Waals surface area contributed by atoms with Gasteiger partial charge in [0, 0.05) is 36.8 Å². The van der Waals surface area contributed by atoms with E-state index in [9.17, 15) is 0 Å². The van der Waals surface area contributed by atoms with Crippen molar-refractivity contribution in [2.75, 3.05) is 31.1 Å². The molecule has 8 heteroatoms. The average molecular weight is 423 g/mol. The predicted octanol–water partition coefficient (Wildman–Crippen LogP) is 4.54. The summed E-state index contributed by atoms with van der Waals surface area (Å²) in [6.07, 6.45) is 1.04. The number of hydrogen-bond donors (Lipinski definition) is 1. The van der Waals surface area contributed by atoms with E-state index < -0.39 is 0 Å². The van der Waals surface area contributed by atoms with Crippen LogP contribution in [0.5, 0.6) is 0 Å². The van der Waals surface area contributed by atoms with Gasteiger partial charge in [0.2, 0.25) is 17.7 Å². The summed E-state index contributed by atoms with van der Waals surface area (Å²) in [5.74, 6) is 2.06. The maximum Gasteiger partial charge on any atom is 0.247 e. The second kappa shape index (κ2) is 8.08. The molecule has 2 aromatic heterocycles. The number of rotatable bonds is 4. The molecule has 0 bridgehead atoms. The fraction of sp³-hybridized carbons (Fsp3) is 0.318. The monoisotopic (exact) mass is 422 g/mol. The van der Waals surface area contributed by atoms with Gasteiger partial charge in [-0.15, -0.1) is 10.2 Å². The van der Waals surface area contributed by atoms with Crippen LogP contribution >= 0.6 is 11.6 Å². The van der Waals surface area contributed by atoms with Crippen molar-refractivity contribution in [3.05, 3.63) is 59.4 Å². The van der Waals surface area contributed by atoms with Crippen molar-refractivity contribution in [2.24, 2.45) is 0 Å². The van der Waals surface area contributed by atoms with Crippen LogP contribution in [-0.2, 0) is 0 Å². The van der Waals surface area contributed by atoms with Gasteiger partial charge < -0.3 is 14.3 Å². The summed E-state index contributed by atoms with van der Waals surface area (Å²) in [4.78, 5) is 12.9. The highest BCUT2D eigenvalue weighted by molar-refractivity contribution is 6.30. The summed E-state index contributed by atoms with van der Waals surface area (Å²) in [5, 5.41) is 9.18. The molecule has 30 heavy (non-hydrogen) atoms. The number of aromatic amines is 1. The fourth-order valence-corrected chi connectivity index (χ4v) is 4.11. The first-order valence-corrected chi connectivity index (χ1v) is 10.6. The number of imidazole rings is 1. The van der Waals surface area contributed by atoms with Gasteiger partial charge in [-0.1, -0.05) is 29.8 Å². The first kappa shape index (κ1) is 19.1. The number of H-pyrrole nitrogens is 1. The topological polar surface area (TPSA) is 74.1 Å². The fourth-order valence-electron chi connectivity index (χ4n) is 3.92. The number of hydrogen-bond acceptors (Lipinski definition) is 6. The molecule has 1 saturated heterocycles. The van der Waals surface area contributed by atoms with Crippen molar-refractivity contribution < 1.29 is 4.42 Å². The Bertz CT molecular complexity index is 1120. The average Bonchev–Trinajstić information content (AvgIpc) is 3.35. The normalized spacial score (nSPS) is 16.7. The Hall–Kier alpha value is -2.90. The van der Waals surface area contributed by atoms with Crippen LogP contribution in [0.15, 0.2) is 52.9 Å². The van der Waals surface area contributed by atoms with Crippen molar-refractivity contribution in [3.8, 4) is 11.5 Å². The quantitative estimate of drug-likeness (QED) is 0.520. The minimum Gasteiger partial charge on any atom is -0.419 e. The van der Waals surface area contributed by atoms with E-state index in [0.29, 0.717) is 16.8 Å². The second-order valence-electron chi connectivity index (χ2n) is 7.59. The second-order valence-corrected chi connectivity index (χ2v) is 8.02. The lowest BCUT2D eigenvalue weighted by Crippen LogP contribution is -2.33. The number of anilines is 1. The molecule has 3 heterocycles. The molecule has 1 fully saturated rings. The molecule has 1 atom stereocenters. The summed E-state index contributed by atoms with van der Waals surface area (Å²) in [6.45, 7) is 5.83. The molecule has 1 N–H and O–H groups in total. The van der Waals surface area contributed by atoms with E-state index in [2.05, 4.69) is 38.0 Å². The van der Waals surface area contributed by atoms with Gasteiger partial charge in [-0.3, -0.25) is 4.90 Å². The van der Waals surface area contributed by atoms with Crippen molar-refractivity contribution in [1.29, 1.82) is 0 Å². The Balaban J connectivity index is 1.28. The molecule has 154 valence electrons. The van der Waals surface area contributed by atoms with Gasteiger partial charge in [-0.05, 0) is 43.7 Å². The van der Waals surface area contributed by atoms with Gasteiger partial charge in [0.05, 0.1) is 17.1 Å². The van der Waals surface area contributed by atoms with Crippen LogP contribution in [0.1, 0.15) is 25.3 Å². The van der Waals surface area contributed by atoms with E-state index in [1.165, 1.54) is 0 Å². The van der Waals surface area contributed by atoms with Crippen molar-refractivity contribution >= 4 is 28.6 Å². The third kappa shape index (κ3) is 3.78. The first-order chi connectivity index (χ1) is 14.7. The van der Waals surface area contributed by atoms with Gasteiger partial charge >= 0.3 is 0 Å². The maximum absolute atomic E-state index is 6.08. The maximum atomic E-state index is 6.08. The van der Waals surface area contributed by atoms with E-state index in [4.69, 9.17) is 21.0 Å². The number of para-hydroxylation sites is 2. The molecular weight excluding hydrogens is 400 g/mol. The molecule has 0 saturated carbocycles. The van der Waals surface area contributed by atoms with Crippen LogP contribution in [0.2, 0.25) is 5.02 Å². The third-order valence-electron chi connectivity index (χ3n) is 5.62. The first-order valence-electron chi connectivity index (χ1n) is 10.2. The largest absolute Gasteiger partial charge is 0.419 e. The van der Waals surface area contributed by atoms with Gasteiger partial charge in [-0.25, -0.2) is 4.98 Å². The zero-order chi connectivity index (χ0) is 20.5. The highest BCUT2D eigenvalue weighted by Gasteiger charge is 2.25. The van der Waals surface area contributed by atoms with Gasteiger partial charge in [-0.2, -0.15) is 0 Å². The minimum atomic E-state index is 0.0426. The van der Waals surface area contributed by atoms with Gasteiger partial charge in [0.15, 0.2) is 0 Å². The molecular formula is C22H23ClN6O. The molecule has 1 unspecified atom stereocenters. The summed E-state index contributed by atoms with van der Waals surface area (Å²) < 4.78 is 5.98. The highest BCUT2D eigenvalue weighted by atomic mass is 35.5. The molecule has 0 aliphatic carbocycles. The van der Waals surface area contributed by atoms with E-state index in [-0.39, 0.29) is 6.04 Å². The smallest absolute Gasteiger partial charge is 0.247 e. The Labute approximate surface area is 179 Å². The molecule has 5 rings (SSSR count). The zero-order valence-electron chi connectivity index (χ0n) is 16.8. The molecule has 1 aliphatic heterocycles. The number of nitrogens with one attached hydrogen (secondary N) is 1. The van der Waals surface area contributed by atoms with E-state index in [0.717, 1.165) is 55.1 Å². The lowest BCUT2D eigenvalue weighted by molar-refractivity contribution is 0.196. The van der Waals surface area contributed by atoms with Crippen molar-refractivity contribution in [1.82, 2.24) is 25.1 Å². The Morgan fingerprint density at radius 2 is 1.93 bits per heavy atom. The summed E-state index contributed by atoms with van der Waals surface area (Å²) in [7, 11) is 0. The Morgan fingerprint density at radius 3 is 2.80 bits per heavy atom. The van der Waals surface area contributed by atoms with Crippen LogP contribution in [-0.4, -0.2) is 51.2 Å². The minimum absolute atomic E-state index is 0.0426. The number of benzene rings is 2. The number of aromatic nitrogens is 4. The highest BCUT2D eigenvalue weighted by Crippen LogP contribution is 2.27. The molecule has 1 aliphatic rings. The molecule has 0 spiro atoms. The number of halogens is 1. The molecule has 0 radical (unpaired) electrons. The zero-order valence-corrected chi connectivity index (χ0v) is 17.5. The lowest BCUT2D eigenvalue weighted by atomic mass is 10.2. The third-order valence-corrected chi connectivity index (χ3v) is 5.86. The summed E-state index contributed by atoms with van der Waals surface area (Å²) in [5.41, 5.74) is 2.91. The van der Waals surface area contributed by atoms with Crippen LogP contribution in [0, 0.1) is 0 Å². The van der Waals surface area contributed by atoms with Gasteiger partial charge in [0.1, 0.15) is 0 Å². The number of fused-ring (bicyclic) bond motifs is 1. The Kier molecular flexibility index (Phi) is 5.14. The van der Waals surface area contributed by atoms with Crippen LogP contribution < -0.4 is 4.90 Å². The summed E-state index contributed by atoms with van der Waals surface area (Å²) in [6, 6.07) is 15.6. The van der Waals surface area contributed by atoms with Gasteiger partial charge in [0.25, 0.3) is 0 Å². The number of nitrogens with zero attached hydrogens (tertiary/aromatic N) is 5. The van der Waals surface area contributed by atoms with E-state index in [1.807, 2.05) is 42.5 Å². The molecule has 0 amide bonds. The van der Waals surface area contributed by atoms with E-state index >= 15 is 0 Å². The van der Waals surface area contributed by atoms with Crippen LogP contribution in [0.4, 0.5) is 5.95 Å². The molecule has 7 nitrogen and oxygen atoms in total. The lowest BCUT2D eigenvalue weighted by Gasteiger charge is -2.25. The summed E-state index contributed by atoms with van der Waals surface area (Å²) >= 11 is 6.08. The molecule has 4 aromatic rings. The van der Waals surface area contributed by atoms with Crippen molar-refractivity contribution in [3.63, 3.8) is 0 Å². The van der Waals surface area contributed by atoms with E-state index in [1.54, 1.807) is 0 Å². The molecule has 2 aromatic carbocycles. The Morgan fingerprint density at radius 1 is 1.03 bits per heavy atom. The van der Waals surface area contributed by atoms with Crippen LogP contribution in [0.3, 0.4) is 0 Å². The van der Waals surface area contributed by atoms with Crippen molar-refractivity contribution in [2.45, 2.75) is 19.4 Å². The SMILES string of the molecule is CC(c1nnc(-c2cccc(Cl)c2)o1)N1CCCN(c2nc3ccccc3[nH]2)CC1. The predicted molar refractivity (Wildman–Crippen MR) is 118 cm³/mol. The standard InChI is InChI=1S/C22H23ClN6O/c1-15(20-26-27-21(30-20)16-6-4-7-17(23)14-16)28-10-5-11-29(13-12-28)22-24-18-8-2-3-9-19(18)25-22/h2-4,6-9,14-15H,5,10-13H2,1H3,(H,24,25). The van der Waals surface area contributed by atoms with Crippen LogP contribution in [0.25, 0.3) is 22.5 Å².